The van der Waals surface area contributed by atoms with Crippen LogP contribution in [0.3, 0.4) is 0 Å². The number of nitrogens with zero attached hydrogens (tertiary/aromatic N) is 2. The molecule has 0 fully saturated rings. The highest BCUT2D eigenvalue weighted by atomic mass is 35.5. The van der Waals surface area contributed by atoms with Crippen LogP contribution in [0.2, 0.25) is 0 Å². The average Bonchev–Trinajstić information content (AvgIpc) is 3.05. The summed E-state index contributed by atoms with van der Waals surface area (Å²) in [6.07, 6.45) is 6.20. The quantitative estimate of drug-likeness (QED) is 0.649. The van der Waals surface area contributed by atoms with Crippen LogP contribution in [-0.4, -0.2) is 9.38 Å². The number of thiazole rings is 1. The molecule has 2 unspecified atom stereocenters. The van der Waals surface area contributed by atoms with Gasteiger partial charge in [0.15, 0.2) is 4.96 Å². The van der Waals surface area contributed by atoms with Gasteiger partial charge in [0.1, 0.15) is 0 Å². The number of benzene rings is 1. The Labute approximate surface area is 120 Å². The predicted octanol–water partition coefficient (Wildman–Crippen LogP) is 4.09. The zero-order valence-corrected chi connectivity index (χ0v) is 11.9. The van der Waals surface area contributed by atoms with Crippen LogP contribution in [0.1, 0.15) is 22.2 Å². The van der Waals surface area contributed by atoms with Gasteiger partial charge in [0.25, 0.3) is 0 Å². The van der Waals surface area contributed by atoms with Gasteiger partial charge in [-0.25, -0.2) is 4.98 Å². The summed E-state index contributed by atoms with van der Waals surface area (Å²) in [5.41, 5.74) is 3.85. The molecular weight excluding hydrogens is 276 g/mol. The summed E-state index contributed by atoms with van der Waals surface area (Å²) in [6, 6.07) is 8.51. The molecule has 0 saturated carbocycles. The van der Waals surface area contributed by atoms with Crippen molar-refractivity contribution in [1.29, 1.82) is 0 Å². The van der Waals surface area contributed by atoms with Crippen molar-refractivity contribution in [2.75, 3.05) is 0 Å². The Morgan fingerprint density at radius 2 is 2.26 bits per heavy atom. The Morgan fingerprint density at radius 1 is 1.37 bits per heavy atom. The summed E-state index contributed by atoms with van der Waals surface area (Å²) in [4.78, 5) is 5.72. The topological polar surface area (TPSA) is 17.3 Å². The van der Waals surface area contributed by atoms with E-state index in [9.17, 15) is 0 Å². The predicted molar refractivity (Wildman–Crippen MR) is 79.0 cm³/mol. The lowest BCUT2D eigenvalue weighted by Crippen LogP contribution is -2.07. The van der Waals surface area contributed by atoms with E-state index in [1.165, 1.54) is 11.1 Å². The normalized spacial score (nSPS) is 21.9. The molecule has 4 rings (SSSR count). The third kappa shape index (κ3) is 1.88. The van der Waals surface area contributed by atoms with Crippen molar-refractivity contribution in [1.82, 2.24) is 9.38 Å². The van der Waals surface area contributed by atoms with Crippen LogP contribution in [0.5, 0.6) is 0 Å². The molecule has 0 aliphatic heterocycles. The number of fused-ring (bicyclic) bond motifs is 2. The molecule has 1 aromatic carbocycles. The van der Waals surface area contributed by atoms with Crippen molar-refractivity contribution in [3.05, 3.63) is 58.9 Å². The standard InChI is InChI=1S/C15H13ClN2S/c16-14-11(7-10-3-1-2-4-13(10)14)8-12-9-18-5-6-19-15(18)17-12/h1-6,9,11,14H,7-8H2. The minimum absolute atomic E-state index is 0.121. The van der Waals surface area contributed by atoms with Gasteiger partial charge in [-0.2, -0.15) is 0 Å². The Morgan fingerprint density at radius 3 is 3.11 bits per heavy atom. The maximum absolute atomic E-state index is 6.60. The maximum atomic E-state index is 6.60. The van der Waals surface area contributed by atoms with Gasteiger partial charge in [-0.05, 0) is 29.9 Å². The molecule has 2 atom stereocenters. The molecule has 96 valence electrons. The van der Waals surface area contributed by atoms with E-state index in [1.54, 1.807) is 11.3 Å². The zero-order chi connectivity index (χ0) is 12.8. The van der Waals surface area contributed by atoms with E-state index in [4.69, 9.17) is 11.6 Å². The molecule has 0 amide bonds. The fraction of sp³-hybridized carbons (Fsp3) is 0.267. The van der Waals surface area contributed by atoms with Gasteiger partial charge in [-0.3, -0.25) is 4.40 Å². The molecule has 0 radical (unpaired) electrons. The molecule has 0 saturated heterocycles. The van der Waals surface area contributed by atoms with Crippen LogP contribution >= 0.6 is 22.9 Å². The zero-order valence-electron chi connectivity index (χ0n) is 10.3. The van der Waals surface area contributed by atoms with Gasteiger partial charge in [0.05, 0.1) is 11.1 Å². The first-order chi connectivity index (χ1) is 9.31. The third-order valence-corrected chi connectivity index (χ3v) is 5.22. The van der Waals surface area contributed by atoms with E-state index in [0.717, 1.165) is 23.5 Å². The number of alkyl halides is 1. The molecule has 2 heterocycles. The van der Waals surface area contributed by atoms with Gasteiger partial charge < -0.3 is 0 Å². The Bertz CT molecular complexity index is 702. The van der Waals surface area contributed by atoms with E-state index in [-0.39, 0.29) is 5.38 Å². The fourth-order valence-corrected chi connectivity index (χ4v) is 4.06. The van der Waals surface area contributed by atoms with E-state index < -0.39 is 0 Å². The van der Waals surface area contributed by atoms with Crippen LogP contribution in [0, 0.1) is 5.92 Å². The number of halogens is 1. The van der Waals surface area contributed by atoms with E-state index in [0.29, 0.717) is 5.92 Å². The summed E-state index contributed by atoms with van der Waals surface area (Å²) in [5.74, 6) is 0.462. The summed E-state index contributed by atoms with van der Waals surface area (Å²) < 4.78 is 2.09. The highest BCUT2D eigenvalue weighted by molar-refractivity contribution is 7.15. The molecule has 4 heteroatoms. The fourth-order valence-electron chi connectivity index (χ4n) is 2.95. The Balaban J connectivity index is 1.60. The number of hydrogen-bond donors (Lipinski definition) is 0. The van der Waals surface area contributed by atoms with Gasteiger partial charge in [-0.15, -0.1) is 22.9 Å². The summed E-state index contributed by atoms with van der Waals surface area (Å²) in [5, 5.41) is 2.18. The second-order valence-electron chi connectivity index (χ2n) is 5.09. The van der Waals surface area contributed by atoms with Gasteiger partial charge >= 0.3 is 0 Å². The Kier molecular flexibility index (Phi) is 2.64. The van der Waals surface area contributed by atoms with Crippen LogP contribution in [0.25, 0.3) is 4.96 Å². The number of imidazole rings is 1. The lowest BCUT2D eigenvalue weighted by atomic mass is 10.0. The molecule has 0 bridgehead atoms. The molecule has 1 aliphatic rings. The largest absolute Gasteiger partial charge is 0.297 e. The average molecular weight is 289 g/mol. The lowest BCUT2D eigenvalue weighted by molar-refractivity contribution is 0.538. The van der Waals surface area contributed by atoms with Crippen molar-refractivity contribution >= 4 is 27.9 Å². The highest BCUT2D eigenvalue weighted by Crippen LogP contribution is 2.42. The third-order valence-electron chi connectivity index (χ3n) is 3.86. The first-order valence-electron chi connectivity index (χ1n) is 6.44. The van der Waals surface area contributed by atoms with Crippen LogP contribution in [0.4, 0.5) is 0 Å². The molecule has 0 N–H and O–H groups in total. The van der Waals surface area contributed by atoms with Crippen molar-refractivity contribution in [3.63, 3.8) is 0 Å². The molecule has 0 spiro atoms. The second-order valence-corrected chi connectivity index (χ2v) is 6.44. The SMILES string of the molecule is ClC1c2ccccc2CC1Cc1cn2ccsc2n1. The minimum Gasteiger partial charge on any atom is -0.297 e. The van der Waals surface area contributed by atoms with E-state index in [2.05, 4.69) is 51.4 Å². The van der Waals surface area contributed by atoms with Crippen LogP contribution < -0.4 is 0 Å². The van der Waals surface area contributed by atoms with Crippen LogP contribution in [0.15, 0.2) is 42.0 Å². The first-order valence-corrected chi connectivity index (χ1v) is 7.76. The van der Waals surface area contributed by atoms with Crippen molar-refractivity contribution in [2.45, 2.75) is 18.2 Å². The maximum Gasteiger partial charge on any atom is 0.193 e. The molecule has 19 heavy (non-hydrogen) atoms. The Hall–Kier alpha value is -1.32. The monoisotopic (exact) mass is 288 g/mol. The van der Waals surface area contributed by atoms with Gasteiger partial charge in [0, 0.05) is 17.8 Å². The lowest BCUT2D eigenvalue weighted by Gasteiger charge is -2.12. The molecular formula is C15H13ClN2S. The summed E-state index contributed by atoms with van der Waals surface area (Å²) in [6.45, 7) is 0. The van der Waals surface area contributed by atoms with Crippen molar-refractivity contribution < 1.29 is 0 Å². The van der Waals surface area contributed by atoms with Crippen molar-refractivity contribution in [3.8, 4) is 0 Å². The van der Waals surface area contributed by atoms with Gasteiger partial charge in [-0.1, -0.05) is 24.3 Å². The highest BCUT2D eigenvalue weighted by Gasteiger charge is 2.31. The minimum atomic E-state index is 0.121. The summed E-state index contributed by atoms with van der Waals surface area (Å²) in [7, 11) is 0. The summed E-state index contributed by atoms with van der Waals surface area (Å²) >= 11 is 8.27. The van der Waals surface area contributed by atoms with E-state index in [1.807, 2.05) is 0 Å². The van der Waals surface area contributed by atoms with E-state index >= 15 is 0 Å². The number of hydrogen-bond acceptors (Lipinski definition) is 2. The number of aromatic nitrogens is 2. The molecule has 2 nitrogen and oxygen atoms in total. The van der Waals surface area contributed by atoms with Crippen molar-refractivity contribution in [2.24, 2.45) is 5.92 Å². The number of rotatable bonds is 2. The van der Waals surface area contributed by atoms with Gasteiger partial charge in [0.2, 0.25) is 0 Å². The second kappa shape index (κ2) is 4.36. The molecule has 3 aromatic rings. The smallest absolute Gasteiger partial charge is 0.193 e. The molecule has 2 aromatic heterocycles. The van der Waals surface area contributed by atoms with Crippen LogP contribution in [-0.2, 0) is 12.8 Å². The first kappa shape index (κ1) is 11.5. The molecule has 1 aliphatic carbocycles.